The average molecular weight is 494 g/mol. The van der Waals surface area contributed by atoms with Gasteiger partial charge < -0.3 is 9.47 Å². The molecule has 1 aliphatic heterocycles. The number of nitriles is 1. The fourth-order valence-corrected chi connectivity index (χ4v) is 4.37. The molecule has 4 aromatic rings. The van der Waals surface area contributed by atoms with Gasteiger partial charge in [-0.25, -0.2) is 9.97 Å². The third-order valence-electron chi connectivity index (χ3n) is 6.28. The molecule has 5 rings (SSSR count). The number of carbonyl (C=O) groups excluding carboxylic acids is 1. The van der Waals surface area contributed by atoms with Gasteiger partial charge in [-0.05, 0) is 41.5 Å². The Balaban J connectivity index is 1.30. The van der Waals surface area contributed by atoms with Crippen LogP contribution in [0.15, 0.2) is 67.0 Å². The number of benzene rings is 2. The quantitative estimate of drug-likeness (QED) is 0.337. The van der Waals surface area contributed by atoms with Gasteiger partial charge in [-0.2, -0.15) is 10.4 Å². The van der Waals surface area contributed by atoms with Crippen LogP contribution in [0.25, 0.3) is 11.3 Å². The Labute approximate surface area is 215 Å². The Morgan fingerprint density at radius 1 is 1.14 bits per heavy atom. The minimum Gasteiger partial charge on any atom is -0.489 e. The minimum atomic E-state index is -0.0199. The van der Waals surface area contributed by atoms with Crippen molar-refractivity contribution in [1.82, 2.24) is 19.7 Å². The van der Waals surface area contributed by atoms with E-state index in [1.807, 2.05) is 48.5 Å². The van der Waals surface area contributed by atoms with E-state index in [0.717, 1.165) is 35.2 Å². The first-order valence-corrected chi connectivity index (χ1v) is 12.3. The maximum absolute atomic E-state index is 12.5. The van der Waals surface area contributed by atoms with Crippen molar-refractivity contribution in [2.24, 2.45) is 7.05 Å². The standard InChI is InChI=1S/C29H27N5O3/c1-34-12-8-26(33-34)27(35)16-20-3-2-4-21(15-20)17-29-31-11-7-25(32-29)22-5-6-28(23(18-22)19-30)37-24-9-13-36-14-10-24/h2-8,11-12,15,18,24H,9-10,13-14,16-17H2,1H3. The molecule has 0 unspecified atom stereocenters. The highest BCUT2D eigenvalue weighted by molar-refractivity contribution is 5.95. The van der Waals surface area contributed by atoms with Crippen molar-refractivity contribution in [2.75, 3.05) is 13.2 Å². The fraction of sp³-hybridized carbons (Fsp3) is 0.276. The predicted molar refractivity (Wildman–Crippen MR) is 137 cm³/mol. The van der Waals surface area contributed by atoms with E-state index < -0.39 is 0 Å². The number of carbonyl (C=O) groups is 1. The first-order valence-electron chi connectivity index (χ1n) is 12.3. The number of ketones is 1. The second-order valence-electron chi connectivity index (χ2n) is 9.08. The molecule has 0 saturated carbocycles. The van der Waals surface area contributed by atoms with E-state index in [9.17, 15) is 10.1 Å². The molecule has 0 bridgehead atoms. The number of rotatable bonds is 8. The highest BCUT2D eigenvalue weighted by Gasteiger charge is 2.18. The van der Waals surface area contributed by atoms with E-state index >= 15 is 0 Å². The van der Waals surface area contributed by atoms with Crippen LogP contribution in [-0.2, 0) is 24.6 Å². The van der Waals surface area contributed by atoms with E-state index in [0.29, 0.717) is 42.5 Å². The van der Waals surface area contributed by atoms with E-state index in [2.05, 4.69) is 16.2 Å². The maximum atomic E-state index is 12.5. The van der Waals surface area contributed by atoms with Crippen LogP contribution in [0, 0.1) is 11.3 Å². The highest BCUT2D eigenvalue weighted by atomic mass is 16.5. The maximum Gasteiger partial charge on any atom is 0.187 e. The molecule has 0 radical (unpaired) electrons. The number of aryl methyl sites for hydroxylation is 1. The minimum absolute atomic E-state index is 0.0199. The van der Waals surface area contributed by atoms with Gasteiger partial charge in [0.2, 0.25) is 0 Å². The summed E-state index contributed by atoms with van der Waals surface area (Å²) in [6.07, 6.45) is 6.00. The zero-order valence-corrected chi connectivity index (χ0v) is 20.6. The van der Waals surface area contributed by atoms with Gasteiger partial charge in [0, 0.05) is 50.7 Å². The lowest BCUT2D eigenvalue weighted by Gasteiger charge is -2.23. The van der Waals surface area contributed by atoms with Gasteiger partial charge in [-0.1, -0.05) is 24.3 Å². The van der Waals surface area contributed by atoms with Crippen LogP contribution >= 0.6 is 0 Å². The van der Waals surface area contributed by atoms with Crippen LogP contribution < -0.4 is 4.74 Å². The van der Waals surface area contributed by atoms with Crippen LogP contribution in [-0.4, -0.2) is 44.8 Å². The van der Waals surface area contributed by atoms with Crippen molar-refractivity contribution in [1.29, 1.82) is 5.26 Å². The number of ether oxygens (including phenoxy) is 2. The molecule has 8 nitrogen and oxygen atoms in total. The molecule has 2 aromatic carbocycles. The first kappa shape index (κ1) is 24.3. The van der Waals surface area contributed by atoms with Gasteiger partial charge in [0.25, 0.3) is 0 Å². The average Bonchev–Trinajstić information content (AvgIpc) is 3.36. The molecule has 8 heteroatoms. The van der Waals surface area contributed by atoms with Gasteiger partial charge >= 0.3 is 0 Å². The molecule has 0 spiro atoms. The number of hydrogen-bond donors (Lipinski definition) is 0. The summed E-state index contributed by atoms with van der Waals surface area (Å²) < 4.78 is 13.1. The van der Waals surface area contributed by atoms with Crippen LogP contribution in [0.3, 0.4) is 0 Å². The van der Waals surface area contributed by atoms with Crippen molar-refractivity contribution >= 4 is 5.78 Å². The van der Waals surface area contributed by atoms with Crippen LogP contribution in [0.5, 0.6) is 5.75 Å². The molecule has 2 aromatic heterocycles. The molecular formula is C29H27N5O3. The number of hydrogen-bond acceptors (Lipinski definition) is 7. The van der Waals surface area contributed by atoms with Crippen molar-refractivity contribution in [3.63, 3.8) is 0 Å². The van der Waals surface area contributed by atoms with Gasteiger partial charge in [-0.3, -0.25) is 9.48 Å². The molecule has 1 aliphatic rings. The Morgan fingerprint density at radius 3 is 2.76 bits per heavy atom. The normalized spacial score (nSPS) is 13.7. The summed E-state index contributed by atoms with van der Waals surface area (Å²) in [5, 5.41) is 13.9. The van der Waals surface area contributed by atoms with E-state index in [1.165, 1.54) is 0 Å². The van der Waals surface area contributed by atoms with E-state index in [1.54, 1.807) is 30.2 Å². The molecular weight excluding hydrogens is 466 g/mol. The molecule has 0 aliphatic carbocycles. The summed E-state index contributed by atoms with van der Waals surface area (Å²) in [5.74, 6) is 1.23. The second kappa shape index (κ2) is 11.1. The zero-order valence-electron chi connectivity index (χ0n) is 20.6. The summed E-state index contributed by atoms with van der Waals surface area (Å²) in [6, 6.07) is 19.3. The molecule has 186 valence electrons. The molecule has 37 heavy (non-hydrogen) atoms. The highest BCUT2D eigenvalue weighted by Crippen LogP contribution is 2.27. The molecule has 3 heterocycles. The monoisotopic (exact) mass is 493 g/mol. The SMILES string of the molecule is Cn1ccc(C(=O)Cc2cccc(Cc3nccc(-c4ccc(OC5CCOCC5)c(C#N)c4)n3)c2)n1. The predicted octanol–water partition coefficient (Wildman–Crippen LogP) is 4.32. The zero-order chi connectivity index (χ0) is 25.6. The Kier molecular flexibility index (Phi) is 7.33. The number of aromatic nitrogens is 4. The third-order valence-corrected chi connectivity index (χ3v) is 6.28. The van der Waals surface area contributed by atoms with Gasteiger partial charge in [0.05, 0.1) is 24.5 Å². The Morgan fingerprint density at radius 2 is 1.97 bits per heavy atom. The van der Waals surface area contributed by atoms with Gasteiger partial charge in [-0.15, -0.1) is 0 Å². The van der Waals surface area contributed by atoms with Crippen molar-refractivity contribution < 1.29 is 14.3 Å². The van der Waals surface area contributed by atoms with Crippen LogP contribution in [0.1, 0.15) is 45.8 Å². The summed E-state index contributed by atoms with van der Waals surface area (Å²) in [7, 11) is 1.79. The van der Waals surface area contributed by atoms with Crippen molar-refractivity contribution in [3.05, 3.63) is 95.2 Å². The fourth-order valence-electron chi connectivity index (χ4n) is 4.37. The van der Waals surface area contributed by atoms with Crippen molar-refractivity contribution in [2.45, 2.75) is 31.8 Å². The smallest absolute Gasteiger partial charge is 0.187 e. The summed E-state index contributed by atoms with van der Waals surface area (Å²) >= 11 is 0. The molecule has 0 N–H and O–H groups in total. The number of Topliss-reactive ketones (excluding diaryl/α,β-unsaturated/α-hetero) is 1. The lowest BCUT2D eigenvalue weighted by atomic mass is 10.0. The van der Waals surface area contributed by atoms with Gasteiger partial charge in [0.1, 0.15) is 29.4 Å². The van der Waals surface area contributed by atoms with Crippen LogP contribution in [0.2, 0.25) is 0 Å². The third kappa shape index (κ3) is 6.08. The summed E-state index contributed by atoms with van der Waals surface area (Å²) in [4.78, 5) is 21.7. The van der Waals surface area contributed by atoms with Crippen molar-refractivity contribution in [3.8, 4) is 23.1 Å². The van der Waals surface area contributed by atoms with Gasteiger partial charge in [0.15, 0.2) is 5.78 Å². The molecule has 1 fully saturated rings. The molecule has 0 atom stereocenters. The summed E-state index contributed by atoms with van der Waals surface area (Å²) in [6.45, 7) is 1.36. The Hall–Kier alpha value is -4.35. The topological polar surface area (TPSA) is 103 Å². The number of nitrogens with zero attached hydrogens (tertiary/aromatic N) is 5. The summed E-state index contributed by atoms with van der Waals surface area (Å²) in [5.41, 5.74) is 4.44. The largest absolute Gasteiger partial charge is 0.489 e. The second-order valence-corrected chi connectivity index (χ2v) is 9.08. The lowest BCUT2D eigenvalue weighted by Crippen LogP contribution is -2.26. The van der Waals surface area contributed by atoms with Crippen LogP contribution in [0.4, 0.5) is 0 Å². The van der Waals surface area contributed by atoms with E-state index in [-0.39, 0.29) is 18.3 Å². The Bertz CT molecular complexity index is 1450. The van der Waals surface area contributed by atoms with E-state index in [4.69, 9.17) is 14.5 Å². The lowest BCUT2D eigenvalue weighted by molar-refractivity contribution is 0.0254. The molecule has 0 amide bonds. The first-order chi connectivity index (χ1) is 18.1. The molecule has 1 saturated heterocycles.